The molecule has 6 heteroatoms. The number of hydrogen-bond acceptors (Lipinski definition) is 3. The van der Waals surface area contributed by atoms with Gasteiger partial charge in [0.05, 0.1) is 0 Å². The van der Waals surface area contributed by atoms with E-state index in [0.717, 1.165) is 16.7 Å². The highest BCUT2D eigenvalue weighted by molar-refractivity contribution is 5.73. The Labute approximate surface area is 171 Å². The minimum absolute atomic E-state index is 0.00234. The number of amides is 2. The third-order valence-corrected chi connectivity index (χ3v) is 5.64. The fraction of sp³-hybridized carbons (Fsp3) is 0.391. The second-order valence-electron chi connectivity index (χ2n) is 7.58. The van der Waals surface area contributed by atoms with E-state index in [9.17, 15) is 14.0 Å². The van der Waals surface area contributed by atoms with Gasteiger partial charge in [-0.15, -0.1) is 0 Å². The van der Waals surface area contributed by atoms with Crippen molar-refractivity contribution in [3.05, 3.63) is 71.0 Å². The van der Waals surface area contributed by atoms with Crippen molar-refractivity contribution in [2.24, 2.45) is 0 Å². The molecule has 1 heterocycles. The number of carbonyl (C=O) groups is 2. The van der Waals surface area contributed by atoms with Gasteiger partial charge >= 0.3 is 6.09 Å². The highest BCUT2D eigenvalue weighted by atomic mass is 19.1. The summed E-state index contributed by atoms with van der Waals surface area (Å²) in [5.74, 6) is -0.400. The highest BCUT2D eigenvalue weighted by Crippen LogP contribution is 2.33. The van der Waals surface area contributed by atoms with Crippen molar-refractivity contribution in [3.63, 3.8) is 0 Å². The first kappa shape index (κ1) is 20.8. The summed E-state index contributed by atoms with van der Waals surface area (Å²) in [6.45, 7) is 4.68. The third-order valence-electron chi connectivity index (χ3n) is 5.64. The molecule has 0 saturated carbocycles. The summed E-state index contributed by atoms with van der Waals surface area (Å²) in [5.41, 5.74) is 2.69. The molecule has 29 heavy (non-hydrogen) atoms. The fourth-order valence-corrected chi connectivity index (χ4v) is 4.01. The van der Waals surface area contributed by atoms with Crippen molar-refractivity contribution in [2.45, 2.75) is 38.8 Å². The minimum Gasteiger partial charge on any atom is -0.445 e. The molecule has 1 aliphatic heterocycles. The Morgan fingerprint density at radius 2 is 1.93 bits per heavy atom. The average Bonchev–Trinajstić information content (AvgIpc) is 2.72. The number of aryl methyl sites for hydroxylation is 1. The SMILES string of the molecule is CC(=O)N1CC[C@H](N(C)C(=O)OCc2ccccc2)[C@@H](c2ccc(F)cc2C)C1. The Hall–Kier alpha value is -2.89. The average molecular weight is 398 g/mol. The summed E-state index contributed by atoms with van der Waals surface area (Å²) in [7, 11) is 1.73. The Kier molecular flexibility index (Phi) is 6.52. The maximum Gasteiger partial charge on any atom is 0.410 e. The van der Waals surface area contributed by atoms with Crippen LogP contribution < -0.4 is 0 Å². The number of ether oxygens (including phenoxy) is 1. The monoisotopic (exact) mass is 398 g/mol. The van der Waals surface area contributed by atoms with Crippen LogP contribution in [0.3, 0.4) is 0 Å². The largest absolute Gasteiger partial charge is 0.445 e. The van der Waals surface area contributed by atoms with Crippen LogP contribution in [0.1, 0.15) is 36.0 Å². The van der Waals surface area contributed by atoms with E-state index < -0.39 is 6.09 Å². The van der Waals surface area contributed by atoms with Gasteiger partial charge in [-0.2, -0.15) is 0 Å². The number of piperidine rings is 1. The van der Waals surface area contributed by atoms with Crippen LogP contribution in [0.15, 0.2) is 48.5 Å². The quantitative estimate of drug-likeness (QED) is 0.779. The predicted octanol–water partition coefficient (Wildman–Crippen LogP) is 4.11. The van der Waals surface area contributed by atoms with Gasteiger partial charge in [0.1, 0.15) is 12.4 Å². The van der Waals surface area contributed by atoms with Crippen molar-refractivity contribution in [3.8, 4) is 0 Å². The van der Waals surface area contributed by atoms with Crippen LogP contribution in [0.2, 0.25) is 0 Å². The van der Waals surface area contributed by atoms with Gasteiger partial charge in [-0.05, 0) is 42.2 Å². The molecule has 154 valence electrons. The van der Waals surface area contributed by atoms with E-state index >= 15 is 0 Å². The van der Waals surface area contributed by atoms with E-state index in [1.165, 1.54) is 12.1 Å². The summed E-state index contributed by atoms with van der Waals surface area (Å²) in [6.07, 6.45) is 0.234. The Morgan fingerprint density at radius 1 is 1.21 bits per heavy atom. The van der Waals surface area contributed by atoms with Gasteiger partial charge in [0.25, 0.3) is 0 Å². The molecule has 0 spiro atoms. The zero-order chi connectivity index (χ0) is 21.0. The lowest BCUT2D eigenvalue weighted by Gasteiger charge is -2.42. The first-order chi connectivity index (χ1) is 13.9. The zero-order valence-electron chi connectivity index (χ0n) is 17.1. The van der Waals surface area contributed by atoms with Crippen molar-refractivity contribution in [1.29, 1.82) is 0 Å². The maximum atomic E-state index is 13.6. The summed E-state index contributed by atoms with van der Waals surface area (Å²) >= 11 is 0. The van der Waals surface area contributed by atoms with Crippen molar-refractivity contribution in [2.75, 3.05) is 20.1 Å². The molecule has 1 saturated heterocycles. The molecule has 3 rings (SSSR count). The molecule has 0 radical (unpaired) electrons. The lowest BCUT2D eigenvalue weighted by molar-refractivity contribution is -0.130. The lowest BCUT2D eigenvalue weighted by atomic mass is 9.83. The second kappa shape index (κ2) is 9.07. The van der Waals surface area contributed by atoms with E-state index in [0.29, 0.717) is 19.5 Å². The molecule has 0 aromatic heterocycles. The Bertz CT molecular complexity index is 872. The molecule has 0 N–H and O–H groups in total. The van der Waals surface area contributed by atoms with Crippen LogP contribution in [0.5, 0.6) is 0 Å². The Morgan fingerprint density at radius 3 is 2.59 bits per heavy atom. The lowest BCUT2D eigenvalue weighted by Crippen LogP contribution is -2.51. The molecular formula is C23H27FN2O3. The number of nitrogens with zero attached hydrogens (tertiary/aromatic N) is 2. The van der Waals surface area contributed by atoms with Crippen LogP contribution in [-0.4, -0.2) is 48.0 Å². The molecule has 2 atom stereocenters. The molecule has 2 aromatic rings. The van der Waals surface area contributed by atoms with E-state index in [1.54, 1.807) is 29.8 Å². The molecule has 2 amide bonds. The number of likely N-dealkylation sites (N-methyl/N-ethyl adjacent to an activating group) is 1. The number of likely N-dealkylation sites (tertiary alicyclic amines) is 1. The van der Waals surface area contributed by atoms with Crippen molar-refractivity contribution in [1.82, 2.24) is 9.80 Å². The van der Waals surface area contributed by atoms with Gasteiger partial charge in [0, 0.05) is 39.0 Å². The van der Waals surface area contributed by atoms with Crippen molar-refractivity contribution >= 4 is 12.0 Å². The van der Waals surface area contributed by atoms with Gasteiger partial charge in [-0.25, -0.2) is 9.18 Å². The van der Waals surface area contributed by atoms with E-state index in [-0.39, 0.29) is 30.3 Å². The van der Waals surface area contributed by atoms with E-state index in [2.05, 4.69) is 0 Å². The van der Waals surface area contributed by atoms with E-state index in [4.69, 9.17) is 4.74 Å². The summed E-state index contributed by atoms with van der Waals surface area (Å²) in [6, 6.07) is 14.1. The highest BCUT2D eigenvalue weighted by Gasteiger charge is 2.37. The second-order valence-corrected chi connectivity index (χ2v) is 7.58. The standard InChI is InChI=1S/C23H27FN2O3/c1-16-13-19(24)9-10-20(16)21-14-26(17(2)27)12-11-22(21)25(3)23(28)29-15-18-7-5-4-6-8-18/h4-10,13,21-22H,11-12,14-15H2,1-3H3/t21-,22+/m1/s1. The molecule has 0 aliphatic carbocycles. The van der Waals surface area contributed by atoms with Crippen LogP contribution in [0.4, 0.5) is 9.18 Å². The number of hydrogen-bond donors (Lipinski definition) is 0. The molecule has 1 aliphatic rings. The number of benzene rings is 2. The summed E-state index contributed by atoms with van der Waals surface area (Å²) in [5, 5.41) is 0. The molecule has 0 unspecified atom stereocenters. The molecule has 2 aromatic carbocycles. The van der Waals surface area contributed by atoms with Crippen LogP contribution >= 0.6 is 0 Å². The smallest absolute Gasteiger partial charge is 0.410 e. The molecule has 0 bridgehead atoms. The van der Waals surface area contributed by atoms with Crippen LogP contribution in [0, 0.1) is 12.7 Å². The van der Waals surface area contributed by atoms with Crippen LogP contribution in [-0.2, 0) is 16.1 Å². The predicted molar refractivity (Wildman–Crippen MR) is 109 cm³/mol. The van der Waals surface area contributed by atoms with Gasteiger partial charge in [-0.1, -0.05) is 36.4 Å². The maximum absolute atomic E-state index is 13.6. The molecule has 1 fully saturated rings. The third kappa shape index (κ3) is 4.94. The van der Waals surface area contributed by atoms with Crippen LogP contribution in [0.25, 0.3) is 0 Å². The topological polar surface area (TPSA) is 49.9 Å². The van der Waals surface area contributed by atoms with E-state index in [1.807, 2.05) is 37.3 Å². The van der Waals surface area contributed by atoms with Gasteiger partial charge in [0.2, 0.25) is 5.91 Å². The Balaban J connectivity index is 1.78. The molecular weight excluding hydrogens is 371 g/mol. The number of rotatable bonds is 4. The fourth-order valence-electron chi connectivity index (χ4n) is 4.01. The molecule has 5 nitrogen and oxygen atoms in total. The summed E-state index contributed by atoms with van der Waals surface area (Å²) < 4.78 is 19.1. The summed E-state index contributed by atoms with van der Waals surface area (Å²) in [4.78, 5) is 28.1. The van der Waals surface area contributed by atoms with Gasteiger partial charge < -0.3 is 14.5 Å². The first-order valence-electron chi connectivity index (χ1n) is 9.82. The normalized spacial score (nSPS) is 19.0. The zero-order valence-corrected chi connectivity index (χ0v) is 17.1. The number of halogens is 1. The number of carbonyl (C=O) groups excluding carboxylic acids is 2. The minimum atomic E-state index is -0.403. The van der Waals surface area contributed by atoms with Crippen molar-refractivity contribution < 1.29 is 18.7 Å². The van der Waals surface area contributed by atoms with Gasteiger partial charge in [0.15, 0.2) is 0 Å². The first-order valence-corrected chi connectivity index (χ1v) is 9.82. The van der Waals surface area contributed by atoms with Gasteiger partial charge in [-0.3, -0.25) is 4.79 Å².